The number of carbonyl (C=O) groups is 1. The van der Waals surface area contributed by atoms with Gasteiger partial charge >= 0.3 is 0 Å². The fourth-order valence-corrected chi connectivity index (χ4v) is 4.44. The van der Waals surface area contributed by atoms with Crippen molar-refractivity contribution < 1.29 is 14.3 Å². The van der Waals surface area contributed by atoms with Crippen molar-refractivity contribution in [2.45, 2.75) is 26.4 Å². The van der Waals surface area contributed by atoms with Crippen molar-refractivity contribution >= 4 is 16.9 Å². The van der Waals surface area contributed by atoms with Crippen LogP contribution in [0.4, 0.5) is 0 Å². The van der Waals surface area contributed by atoms with Gasteiger partial charge in [0.05, 0.1) is 30.6 Å². The number of imidazole rings is 1. The average Bonchev–Trinajstić information content (AvgIpc) is 3.28. The summed E-state index contributed by atoms with van der Waals surface area (Å²) in [6, 6.07) is 22.3. The van der Waals surface area contributed by atoms with Gasteiger partial charge in [-0.25, -0.2) is 4.98 Å². The van der Waals surface area contributed by atoms with E-state index in [1.54, 1.807) is 0 Å². The van der Waals surface area contributed by atoms with Crippen molar-refractivity contribution in [1.29, 1.82) is 0 Å². The van der Waals surface area contributed by atoms with E-state index in [1.807, 2.05) is 47.6 Å². The van der Waals surface area contributed by atoms with E-state index >= 15 is 0 Å². The number of nitrogens with zero attached hydrogens (tertiary/aromatic N) is 3. The predicted octanol–water partition coefficient (Wildman–Crippen LogP) is 4.70. The highest BCUT2D eigenvalue weighted by molar-refractivity contribution is 5.97. The monoisotopic (exact) mass is 455 g/mol. The SMILES string of the molecule is CCn1cnc2cc(C(=O)N3CCOCCOc4ccccc4Cc4cccc(c4)C3)ccc21. The summed E-state index contributed by atoms with van der Waals surface area (Å²) >= 11 is 0. The van der Waals surface area contributed by atoms with E-state index < -0.39 is 0 Å². The molecule has 1 amide bonds. The van der Waals surface area contributed by atoms with Gasteiger partial charge in [-0.15, -0.1) is 0 Å². The maximum absolute atomic E-state index is 13.5. The third-order valence-corrected chi connectivity index (χ3v) is 6.22. The molecule has 0 N–H and O–H groups in total. The highest BCUT2D eigenvalue weighted by Crippen LogP contribution is 2.23. The zero-order chi connectivity index (χ0) is 23.3. The van der Waals surface area contributed by atoms with Gasteiger partial charge in [-0.3, -0.25) is 4.79 Å². The summed E-state index contributed by atoms with van der Waals surface area (Å²) in [7, 11) is 0. The molecule has 0 spiro atoms. The molecule has 0 unspecified atom stereocenters. The van der Waals surface area contributed by atoms with Gasteiger partial charge in [0.25, 0.3) is 5.91 Å². The van der Waals surface area contributed by atoms with Crippen LogP contribution in [-0.2, 0) is 24.2 Å². The minimum atomic E-state index is -0.0179. The fourth-order valence-electron chi connectivity index (χ4n) is 4.44. The van der Waals surface area contributed by atoms with E-state index in [1.165, 1.54) is 5.56 Å². The lowest BCUT2D eigenvalue weighted by Gasteiger charge is -2.24. The van der Waals surface area contributed by atoms with E-state index in [0.29, 0.717) is 38.5 Å². The lowest BCUT2D eigenvalue weighted by atomic mass is 10.0. The number of hydrogen-bond acceptors (Lipinski definition) is 4. The van der Waals surface area contributed by atoms with E-state index in [0.717, 1.165) is 40.9 Å². The quantitative estimate of drug-likeness (QED) is 0.440. The van der Waals surface area contributed by atoms with Gasteiger partial charge in [0.1, 0.15) is 12.4 Å². The second-order valence-electron chi connectivity index (χ2n) is 8.53. The standard InChI is InChI=1S/C28H29N3O3/c1-2-30-20-29-25-18-24(10-11-26(25)30)28(32)31-12-13-33-14-15-34-27-9-4-3-8-23(27)17-21-6-5-7-22(16-21)19-31/h3-11,16,18,20H,2,12-15,17,19H2,1H3. The molecule has 0 saturated heterocycles. The molecule has 2 bridgehead atoms. The Kier molecular flexibility index (Phi) is 6.58. The van der Waals surface area contributed by atoms with Crippen molar-refractivity contribution in [2.75, 3.05) is 26.4 Å². The van der Waals surface area contributed by atoms with Gasteiger partial charge in [0, 0.05) is 31.6 Å². The zero-order valence-electron chi connectivity index (χ0n) is 19.4. The van der Waals surface area contributed by atoms with Crippen molar-refractivity contribution in [1.82, 2.24) is 14.5 Å². The van der Waals surface area contributed by atoms with Crippen LogP contribution in [0.5, 0.6) is 5.75 Å². The highest BCUT2D eigenvalue weighted by Gasteiger charge is 2.18. The number of rotatable bonds is 2. The van der Waals surface area contributed by atoms with Gasteiger partial charge < -0.3 is 18.9 Å². The number of amides is 1. The first kappa shape index (κ1) is 22.2. The normalized spacial score (nSPS) is 14.8. The number of hydrogen-bond donors (Lipinski definition) is 0. The molecule has 0 atom stereocenters. The molecule has 5 rings (SSSR count). The predicted molar refractivity (Wildman–Crippen MR) is 132 cm³/mol. The van der Waals surface area contributed by atoms with E-state index in [4.69, 9.17) is 9.47 Å². The van der Waals surface area contributed by atoms with Crippen LogP contribution >= 0.6 is 0 Å². The molecule has 1 aliphatic rings. The molecule has 6 heteroatoms. The Labute approximate surface area is 199 Å². The Morgan fingerprint density at radius 1 is 0.971 bits per heavy atom. The van der Waals surface area contributed by atoms with Gasteiger partial charge in [-0.2, -0.15) is 0 Å². The topological polar surface area (TPSA) is 56.6 Å². The molecule has 174 valence electrons. The summed E-state index contributed by atoms with van der Waals surface area (Å²) in [5.74, 6) is 0.877. The molecular weight excluding hydrogens is 426 g/mol. The highest BCUT2D eigenvalue weighted by atomic mass is 16.5. The molecule has 34 heavy (non-hydrogen) atoms. The summed E-state index contributed by atoms with van der Waals surface area (Å²) in [4.78, 5) is 19.9. The first-order valence-corrected chi connectivity index (χ1v) is 11.8. The molecule has 3 aromatic carbocycles. The molecule has 0 radical (unpaired) electrons. The lowest BCUT2D eigenvalue weighted by Crippen LogP contribution is -2.34. The van der Waals surface area contributed by atoms with E-state index in [9.17, 15) is 4.79 Å². The van der Waals surface area contributed by atoms with Crippen molar-refractivity contribution in [2.24, 2.45) is 0 Å². The summed E-state index contributed by atoms with van der Waals surface area (Å²) < 4.78 is 13.9. The van der Waals surface area contributed by atoms with Gasteiger partial charge in [-0.1, -0.05) is 42.5 Å². The van der Waals surface area contributed by atoms with Crippen molar-refractivity contribution in [3.05, 3.63) is 95.3 Å². The maximum atomic E-state index is 13.5. The zero-order valence-corrected chi connectivity index (χ0v) is 19.4. The van der Waals surface area contributed by atoms with Gasteiger partial charge in [0.2, 0.25) is 0 Å². The third-order valence-electron chi connectivity index (χ3n) is 6.22. The first-order valence-electron chi connectivity index (χ1n) is 11.8. The number of fused-ring (bicyclic) bond motifs is 4. The van der Waals surface area contributed by atoms with Crippen LogP contribution < -0.4 is 4.74 Å². The van der Waals surface area contributed by atoms with Gasteiger partial charge in [0.15, 0.2) is 0 Å². The number of aromatic nitrogens is 2. The van der Waals surface area contributed by atoms with Crippen LogP contribution in [0.2, 0.25) is 0 Å². The second kappa shape index (κ2) is 10.1. The van der Waals surface area contributed by atoms with E-state index in [-0.39, 0.29) is 5.91 Å². The first-order chi connectivity index (χ1) is 16.7. The Morgan fingerprint density at radius 2 is 1.85 bits per heavy atom. The van der Waals surface area contributed by atoms with Crippen molar-refractivity contribution in [3.8, 4) is 5.75 Å². The minimum absolute atomic E-state index is 0.0179. The van der Waals surface area contributed by atoms with Crippen LogP contribution in [0.15, 0.2) is 73.1 Å². The van der Waals surface area contributed by atoms with E-state index in [2.05, 4.69) is 46.8 Å². The summed E-state index contributed by atoms with van der Waals surface area (Å²) in [5, 5.41) is 0. The molecule has 2 heterocycles. The second-order valence-corrected chi connectivity index (χ2v) is 8.53. The molecule has 0 aliphatic carbocycles. The lowest BCUT2D eigenvalue weighted by molar-refractivity contribution is 0.0571. The molecule has 1 aliphatic heterocycles. The van der Waals surface area contributed by atoms with Crippen LogP contribution in [0.25, 0.3) is 11.0 Å². The third kappa shape index (κ3) is 4.82. The number of carbonyl (C=O) groups excluding carboxylic acids is 1. The van der Waals surface area contributed by atoms with Crippen LogP contribution in [0.3, 0.4) is 0 Å². The number of ether oxygens (including phenoxy) is 2. The van der Waals surface area contributed by atoms with Crippen LogP contribution in [0, 0.1) is 0 Å². The Hall–Kier alpha value is -3.64. The molecule has 4 aromatic rings. The number of benzene rings is 3. The molecule has 6 nitrogen and oxygen atoms in total. The Morgan fingerprint density at radius 3 is 2.76 bits per heavy atom. The molecular formula is C28H29N3O3. The molecule has 1 aromatic heterocycles. The van der Waals surface area contributed by atoms with Crippen molar-refractivity contribution in [3.63, 3.8) is 0 Å². The fraction of sp³-hybridized carbons (Fsp3) is 0.286. The summed E-state index contributed by atoms with van der Waals surface area (Å²) in [5.41, 5.74) is 5.95. The number of para-hydroxylation sites is 1. The summed E-state index contributed by atoms with van der Waals surface area (Å²) in [6.45, 7) is 5.35. The largest absolute Gasteiger partial charge is 0.491 e. The average molecular weight is 456 g/mol. The summed E-state index contributed by atoms with van der Waals surface area (Å²) in [6.07, 6.45) is 2.59. The minimum Gasteiger partial charge on any atom is -0.491 e. The smallest absolute Gasteiger partial charge is 0.254 e. The molecule has 0 saturated carbocycles. The Bertz CT molecular complexity index is 1300. The Balaban J connectivity index is 1.42. The van der Waals surface area contributed by atoms with Gasteiger partial charge in [-0.05, 0) is 47.9 Å². The number of aryl methyl sites for hydroxylation is 1. The van der Waals surface area contributed by atoms with Crippen LogP contribution in [0.1, 0.15) is 34.0 Å². The van der Waals surface area contributed by atoms with Crippen LogP contribution in [-0.4, -0.2) is 46.7 Å². The maximum Gasteiger partial charge on any atom is 0.254 e. The molecule has 0 fully saturated rings.